The van der Waals surface area contributed by atoms with Gasteiger partial charge in [-0.05, 0) is 37.6 Å². The van der Waals surface area contributed by atoms with E-state index < -0.39 is 0 Å². The molecule has 4 heteroatoms. The lowest BCUT2D eigenvalue weighted by molar-refractivity contribution is 0.335. The maximum Gasteiger partial charge on any atom is 0.123 e. The fourth-order valence-electron chi connectivity index (χ4n) is 2.11. The summed E-state index contributed by atoms with van der Waals surface area (Å²) in [6.07, 6.45) is 0. The number of benzene rings is 2. The van der Waals surface area contributed by atoms with Gasteiger partial charge in [-0.1, -0.05) is 47.5 Å². The molecule has 0 spiro atoms. The molecule has 2 aromatic carbocycles. The molecule has 2 nitrogen and oxygen atoms in total. The normalized spacial score (nSPS) is 12.2. The Morgan fingerprint density at radius 3 is 2.57 bits per heavy atom. The molecule has 0 aliphatic heterocycles. The van der Waals surface area contributed by atoms with Crippen LogP contribution in [0.4, 0.5) is 0 Å². The fourth-order valence-corrected chi connectivity index (χ4v) is 2.42. The third kappa shape index (κ3) is 4.37. The number of hydrogen-bond donors (Lipinski definition) is 1. The lowest BCUT2D eigenvalue weighted by Crippen LogP contribution is -2.18. The first-order chi connectivity index (χ1) is 10.1. The molecular weight excluding hydrogens is 305 g/mol. The van der Waals surface area contributed by atoms with Gasteiger partial charge in [0.2, 0.25) is 0 Å². The first-order valence-corrected chi connectivity index (χ1v) is 7.76. The molecule has 1 unspecified atom stereocenters. The van der Waals surface area contributed by atoms with Gasteiger partial charge in [-0.25, -0.2) is 0 Å². The highest BCUT2D eigenvalue weighted by atomic mass is 35.5. The van der Waals surface area contributed by atoms with Gasteiger partial charge in [0.15, 0.2) is 0 Å². The van der Waals surface area contributed by atoms with E-state index in [9.17, 15) is 0 Å². The van der Waals surface area contributed by atoms with Crippen molar-refractivity contribution in [1.82, 2.24) is 5.32 Å². The molecule has 0 heterocycles. The molecule has 0 aliphatic carbocycles. The van der Waals surface area contributed by atoms with E-state index in [-0.39, 0.29) is 6.04 Å². The number of rotatable bonds is 6. The van der Waals surface area contributed by atoms with Crippen molar-refractivity contribution in [3.05, 3.63) is 63.6 Å². The quantitative estimate of drug-likeness (QED) is 0.784. The molecule has 2 aromatic rings. The summed E-state index contributed by atoms with van der Waals surface area (Å²) < 4.78 is 5.63. The van der Waals surface area contributed by atoms with E-state index in [4.69, 9.17) is 27.9 Å². The van der Waals surface area contributed by atoms with Crippen molar-refractivity contribution >= 4 is 23.2 Å². The molecule has 0 aromatic heterocycles. The first kappa shape index (κ1) is 16.2. The zero-order valence-corrected chi connectivity index (χ0v) is 13.7. The lowest BCUT2D eigenvalue weighted by Gasteiger charge is -2.16. The van der Waals surface area contributed by atoms with Gasteiger partial charge >= 0.3 is 0 Å². The maximum atomic E-state index is 6.06. The largest absolute Gasteiger partial charge is 0.494 e. The highest BCUT2D eigenvalue weighted by Crippen LogP contribution is 2.26. The molecule has 1 N–H and O–H groups in total. The fraction of sp³-hybridized carbons (Fsp3) is 0.294. The summed E-state index contributed by atoms with van der Waals surface area (Å²) in [5.41, 5.74) is 2.25. The topological polar surface area (TPSA) is 21.3 Å². The van der Waals surface area contributed by atoms with Gasteiger partial charge in [0.25, 0.3) is 0 Å². The van der Waals surface area contributed by atoms with E-state index >= 15 is 0 Å². The Kier molecular flexibility index (Phi) is 5.92. The molecule has 21 heavy (non-hydrogen) atoms. The average molecular weight is 324 g/mol. The number of ether oxygens (including phenoxy) is 1. The van der Waals surface area contributed by atoms with Crippen LogP contribution in [0.15, 0.2) is 42.5 Å². The van der Waals surface area contributed by atoms with Gasteiger partial charge in [0.05, 0.1) is 16.7 Å². The zero-order valence-electron chi connectivity index (χ0n) is 12.2. The third-order valence-electron chi connectivity index (χ3n) is 3.31. The van der Waals surface area contributed by atoms with Gasteiger partial charge in [0.1, 0.15) is 5.75 Å². The standard InChI is InChI=1S/C17H19Cl2NO/c1-3-21-17-7-5-4-6-14(17)11-20-12(2)13-8-9-15(18)16(19)10-13/h4-10,12,20H,3,11H2,1-2H3. The molecule has 0 saturated carbocycles. The maximum absolute atomic E-state index is 6.06. The second-order valence-corrected chi connectivity index (χ2v) is 5.63. The molecule has 0 radical (unpaired) electrons. The summed E-state index contributed by atoms with van der Waals surface area (Å²) in [6, 6.07) is 13.9. The molecular formula is C17H19Cl2NO. The summed E-state index contributed by atoms with van der Waals surface area (Å²) in [6.45, 7) is 5.49. The Labute approximate surface area is 136 Å². The minimum atomic E-state index is 0.175. The van der Waals surface area contributed by atoms with Crippen molar-refractivity contribution in [3.63, 3.8) is 0 Å². The predicted molar refractivity (Wildman–Crippen MR) is 89.3 cm³/mol. The van der Waals surface area contributed by atoms with Gasteiger partial charge in [-0.3, -0.25) is 0 Å². The van der Waals surface area contributed by atoms with Crippen LogP contribution in [0.1, 0.15) is 31.0 Å². The summed E-state index contributed by atoms with van der Waals surface area (Å²) >= 11 is 12.0. The third-order valence-corrected chi connectivity index (χ3v) is 4.05. The van der Waals surface area contributed by atoms with E-state index in [1.807, 2.05) is 43.3 Å². The van der Waals surface area contributed by atoms with Gasteiger partial charge in [-0.15, -0.1) is 0 Å². The molecule has 1 atom stereocenters. The Hall–Kier alpha value is -1.22. The number of halogens is 2. The average Bonchev–Trinajstić information content (AvgIpc) is 2.49. The van der Waals surface area contributed by atoms with E-state index in [1.54, 1.807) is 0 Å². The number of nitrogens with one attached hydrogen (secondary N) is 1. The van der Waals surface area contributed by atoms with Crippen LogP contribution >= 0.6 is 23.2 Å². The van der Waals surface area contributed by atoms with Crippen molar-refractivity contribution in [2.75, 3.05) is 6.61 Å². The number of hydrogen-bond acceptors (Lipinski definition) is 2. The molecule has 2 rings (SSSR count). The van der Waals surface area contributed by atoms with E-state index in [0.29, 0.717) is 16.7 Å². The van der Waals surface area contributed by atoms with Crippen molar-refractivity contribution in [1.29, 1.82) is 0 Å². The van der Waals surface area contributed by atoms with E-state index in [1.165, 1.54) is 0 Å². The molecule has 0 bridgehead atoms. The second kappa shape index (κ2) is 7.69. The van der Waals surface area contributed by atoms with Crippen molar-refractivity contribution in [2.24, 2.45) is 0 Å². The SMILES string of the molecule is CCOc1ccccc1CNC(C)c1ccc(Cl)c(Cl)c1. The van der Waals surface area contributed by atoms with E-state index in [2.05, 4.69) is 18.3 Å². The van der Waals surface area contributed by atoms with Crippen molar-refractivity contribution in [2.45, 2.75) is 26.4 Å². The van der Waals surface area contributed by atoms with Gasteiger partial charge in [0, 0.05) is 18.2 Å². The summed E-state index contributed by atoms with van der Waals surface area (Å²) in [5, 5.41) is 4.64. The molecule has 112 valence electrons. The van der Waals surface area contributed by atoms with Crippen LogP contribution in [0.3, 0.4) is 0 Å². The molecule has 0 amide bonds. The Morgan fingerprint density at radius 2 is 1.86 bits per heavy atom. The first-order valence-electron chi connectivity index (χ1n) is 7.01. The van der Waals surface area contributed by atoms with Crippen LogP contribution in [-0.4, -0.2) is 6.61 Å². The Bertz CT molecular complexity index is 601. The minimum absolute atomic E-state index is 0.175. The zero-order chi connectivity index (χ0) is 15.2. The van der Waals surface area contributed by atoms with Crippen LogP contribution in [-0.2, 0) is 6.54 Å². The summed E-state index contributed by atoms with van der Waals surface area (Å²) in [5.74, 6) is 0.925. The van der Waals surface area contributed by atoms with Crippen LogP contribution in [0.25, 0.3) is 0 Å². The predicted octanol–water partition coefficient (Wildman–Crippen LogP) is 5.24. The van der Waals surface area contributed by atoms with Crippen molar-refractivity contribution < 1.29 is 4.74 Å². The summed E-state index contributed by atoms with van der Waals surface area (Å²) in [7, 11) is 0. The highest BCUT2D eigenvalue weighted by Gasteiger charge is 2.09. The van der Waals surface area contributed by atoms with Crippen molar-refractivity contribution in [3.8, 4) is 5.75 Å². The van der Waals surface area contributed by atoms with Gasteiger partial charge < -0.3 is 10.1 Å². The smallest absolute Gasteiger partial charge is 0.123 e. The Morgan fingerprint density at radius 1 is 1.10 bits per heavy atom. The molecule has 0 saturated heterocycles. The lowest BCUT2D eigenvalue weighted by atomic mass is 10.1. The highest BCUT2D eigenvalue weighted by molar-refractivity contribution is 6.42. The van der Waals surface area contributed by atoms with Crippen LogP contribution in [0.2, 0.25) is 10.0 Å². The second-order valence-electron chi connectivity index (χ2n) is 4.82. The number of para-hydroxylation sites is 1. The minimum Gasteiger partial charge on any atom is -0.494 e. The van der Waals surface area contributed by atoms with Gasteiger partial charge in [-0.2, -0.15) is 0 Å². The van der Waals surface area contributed by atoms with Crippen LogP contribution < -0.4 is 10.1 Å². The molecule has 0 fully saturated rings. The summed E-state index contributed by atoms with van der Waals surface area (Å²) in [4.78, 5) is 0. The monoisotopic (exact) mass is 323 g/mol. The van der Waals surface area contributed by atoms with Crippen LogP contribution in [0.5, 0.6) is 5.75 Å². The molecule has 0 aliphatic rings. The Balaban J connectivity index is 2.03. The van der Waals surface area contributed by atoms with Crippen LogP contribution in [0, 0.1) is 0 Å². The van der Waals surface area contributed by atoms with E-state index in [0.717, 1.165) is 23.4 Å².